The lowest BCUT2D eigenvalue weighted by Crippen LogP contribution is -2.33. The largest absolute Gasteiger partial charge is 0.467 e. The van der Waals surface area contributed by atoms with Gasteiger partial charge in [-0.2, -0.15) is 0 Å². The molecule has 4 nitrogen and oxygen atoms in total. The van der Waals surface area contributed by atoms with Gasteiger partial charge in [-0.3, -0.25) is 0 Å². The van der Waals surface area contributed by atoms with E-state index in [2.05, 4.69) is 5.32 Å². The van der Waals surface area contributed by atoms with Crippen molar-refractivity contribution in [3.05, 3.63) is 77.4 Å². The van der Waals surface area contributed by atoms with Crippen LogP contribution in [-0.4, -0.2) is 10.0 Å². The lowest BCUT2D eigenvalue weighted by molar-refractivity contribution is 0.329. The number of hydrogen-bond donors (Lipinski definition) is 1. The molecule has 0 saturated carbocycles. The summed E-state index contributed by atoms with van der Waals surface area (Å²) in [5, 5.41) is 3.54. The number of thiocarbonyl (C=S) groups is 1. The average Bonchev–Trinajstić information content (AvgIpc) is 3.24. The number of furan rings is 2. The van der Waals surface area contributed by atoms with E-state index in [1.807, 2.05) is 29.2 Å². The van der Waals surface area contributed by atoms with Crippen LogP contribution < -0.4 is 5.32 Å². The molecule has 0 fully saturated rings. The molecule has 0 radical (unpaired) electrons. The molecule has 0 unspecified atom stereocenters. The Morgan fingerprint density at radius 1 is 1.08 bits per heavy atom. The molecule has 0 bridgehead atoms. The summed E-state index contributed by atoms with van der Waals surface area (Å²) in [6.45, 7) is 0.933. The number of halogens is 2. The highest BCUT2D eigenvalue weighted by atomic mass is 35.5. The molecule has 1 aromatic carbocycles. The van der Waals surface area contributed by atoms with Crippen LogP contribution in [0.2, 0.25) is 5.02 Å². The Labute approximate surface area is 148 Å². The maximum atomic E-state index is 13.3. The van der Waals surface area contributed by atoms with Crippen LogP contribution in [-0.2, 0) is 13.1 Å². The Morgan fingerprint density at radius 3 is 2.21 bits per heavy atom. The summed E-state index contributed by atoms with van der Waals surface area (Å²) in [7, 11) is 0. The standard InChI is InChI=1S/C17H14ClFN2O2S/c18-15-9-12(5-6-16(15)19)20-17(24)21(10-13-3-1-7-22-13)11-14-4-2-8-23-14/h1-9H,10-11H2,(H,20,24). The molecular formula is C17H14ClFN2O2S. The molecule has 2 aromatic heterocycles. The first-order valence-corrected chi connectivity index (χ1v) is 7.96. The van der Waals surface area contributed by atoms with E-state index in [0.717, 1.165) is 11.5 Å². The van der Waals surface area contributed by atoms with Gasteiger partial charge in [0.25, 0.3) is 0 Å². The Hall–Kier alpha value is -2.31. The third-order valence-corrected chi connectivity index (χ3v) is 3.96. The highest BCUT2D eigenvalue weighted by molar-refractivity contribution is 7.80. The van der Waals surface area contributed by atoms with Gasteiger partial charge in [-0.25, -0.2) is 4.39 Å². The summed E-state index contributed by atoms with van der Waals surface area (Å²) in [4.78, 5) is 1.88. The van der Waals surface area contributed by atoms with Gasteiger partial charge in [-0.1, -0.05) is 11.6 Å². The highest BCUT2D eigenvalue weighted by Crippen LogP contribution is 2.20. The number of anilines is 1. The summed E-state index contributed by atoms with van der Waals surface area (Å²) in [5.41, 5.74) is 0.607. The molecule has 0 spiro atoms. The van der Waals surface area contributed by atoms with E-state index >= 15 is 0 Å². The van der Waals surface area contributed by atoms with E-state index in [1.54, 1.807) is 18.6 Å². The van der Waals surface area contributed by atoms with E-state index in [4.69, 9.17) is 32.7 Å². The molecule has 0 aliphatic heterocycles. The Kier molecular flexibility index (Phi) is 5.17. The number of nitrogens with one attached hydrogen (secondary N) is 1. The van der Waals surface area contributed by atoms with E-state index < -0.39 is 5.82 Å². The number of nitrogens with zero attached hydrogens (tertiary/aromatic N) is 1. The maximum Gasteiger partial charge on any atom is 0.174 e. The summed E-state index contributed by atoms with van der Waals surface area (Å²) >= 11 is 11.3. The third kappa shape index (κ3) is 4.15. The number of rotatable bonds is 5. The predicted molar refractivity (Wildman–Crippen MR) is 94.3 cm³/mol. The fourth-order valence-corrected chi connectivity index (χ4v) is 2.58. The maximum absolute atomic E-state index is 13.3. The quantitative estimate of drug-likeness (QED) is 0.640. The van der Waals surface area contributed by atoms with Gasteiger partial charge in [-0.15, -0.1) is 0 Å². The fourth-order valence-electron chi connectivity index (χ4n) is 2.16. The summed E-state index contributed by atoms with van der Waals surface area (Å²) in [6, 6.07) is 11.7. The van der Waals surface area contributed by atoms with Crippen molar-refractivity contribution in [1.82, 2.24) is 4.90 Å². The topological polar surface area (TPSA) is 41.5 Å². The molecule has 3 aromatic rings. The second-order valence-electron chi connectivity index (χ2n) is 5.07. The minimum atomic E-state index is -0.476. The Bertz CT molecular complexity index is 770. The summed E-state index contributed by atoms with van der Waals surface area (Å²) in [6.07, 6.45) is 3.22. The van der Waals surface area contributed by atoms with Crippen LogP contribution in [0.4, 0.5) is 10.1 Å². The SMILES string of the molecule is Fc1ccc(NC(=S)N(Cc2ccco2)Cc2ccco2)cc1Cl. The Morgan fingerprint density at radius 2 is 1.71 bits per heavy atom. The molecule has 0 amide bonds. The molecular weight excluding hydrogens is 351 g/mol. The molecule has 24 heavy (non-hydrogen) atoms. The van der Waals surface area contributed by atoms with Gasteiger partial charge in [0, 0.05) is 5.69 Å². The first-order valence-electron chi connectivity index (χ1n) is 7.17. The van der Waals surface area contributed by atoms with Crippen LogP contribution in [0.3, 0.4) is 0 Å². The van der Waals surface area contributed by atoms with Crippen LogP contribution in [0.15, 0.2) is 63.8 Å². The van der Waals surface area contributed by atoms with Gasteiger partial charge in [0.2, 0.25) is 0 Å². The van der Waals surface area contributed by atoms with Crippen LogP contribution in [0.5, 0.6) is 0 Å². The van der Waals surface area contributed by atoms with Crippen molar-refractivity contribution < 1.29 is 13.2 Å². The van der Waals surface area contributed by atoms with Crippen molar-refractivity contribution in [3.8, 4) is 0 Å². The molecule has 7 heteroatoms. The smallest absolute Gasteiger partial charge is 0.174 e. The van der Waals surface area contributed by atoms with Crippen molar-refractivity contribution in [3.63, 3.8) is 0 Å². The lowest BCUT2D eigenvalue weighted by Gasteiger charge is -2.24. The van der Waals surface area contributed by atoms with E-state index in [-0.39, 0.29) is 5.02 Å². The first kappa shape index (κ1) is 16.5. The van der Waals surface area contributed by atoms with Crippen molar-refractivity contribution in [2.24, 2.45) is 0 Å². The minimum Gasteiger partial charge on any atom is -0.467 e. The van der Waals surface area contributed by atoms with Crippen LogP contribution in [0.25, 0.3) is 0 Å². The van der Waals surface area contributed by atoms with E-state index in [9.17, 15) is 4.39 Å². The lowest BCUT2D eigenvalue weighted by atomic mass is 10.3. The van der Waals surface area contributed by atoms with Crippen molar-refractivity contribution >= 4 is 34.6 Å². The van der Waals surface area contributed by atoms with Crippen LogP contribution in [0, 0.1) is 5.82 Å². The predicted octanol–water partition coefficient (Wildman–Crippen LogP) is 5.06. The molecule has 2 heterocycles. The molecule has 3 rings (SSSR count). The first-order chi connectivity index (χ1) is 11.6. The summed E-state index contributed by atoms with van der Waals surface area (Å²) < 4.78 is 24.0. The van der Waals surface area contributed by atoms with Crippen LogP contribution >= 0.6 is 23.8 Å². The molecule has 0 saturated heterocycles. The molecule has 124 valence electrons. The van der Waals surface area contributed by atoms with Gasteiger partial charge in [0.05, 0.1) is 30.6 Å². The molecule has 0 aliphatic carbocycles. The van der Waals surface area contributed by atoms with Gasteiger partial charge >= 0.3 is 0 Å². The third-order valence-electron chi connectivity index (χ3n) is 3.31. The molecule has 1 N–H and O–H groups in total. The fraction of sp³-hybridized carbons (Fsp3) is 0.118. The van der Waals surface area contributed by atoms with E-state index in [0.29, 0.717) is 23.9 Å². The Balaban J connectivity index is 1.75. The normalized spacial score (nSPS) is 10.6. The molecule has 0 aliphatic rings. The van der Waals surface area contributed by atoms with Gasteiger partial charge in [0.15, 0.2) is 5.11 Å². The molecule has 0 atom stereocenters. The zero-order valence-electron chi connectivity index (χ0n) is 12.5. The van der Waals surface area contributed by atoms with Crippen molar-refractivity contribution in [1.29, 1.82) is 0 Å². The second kappa shape index (κ2) is 7.51. The zero-order valence-corrected chi connectivity index (χ0v) is 14.1. The van der Waals surface area contributed by atoms with Crippen molar-refractivity contribution in [2.75, 3.05) is 5.32 Å². The highest BCUT2D eigenvalue weighted by Gasteiger charge is 2.15. The van der Waals surface area contributed by atoms with Crippen molar-refractivity contribution in [2.45, 2.75) is 13.1 Å². The van der Waals surface area contributed by atoms with E-state index in [1.165, 1.54) is 12.1 Å². The number of hydrogen-bond acceptors (Lipinski definition) is 3. The second-order valence-corrected chi connectivity index (χ2v) is 5.87. The zero-order chi connectivity index (χ0) is 16.9. The minimum absolute atomic E-state index is 0.0337. The number of benzene rings is 1. The average molecular weight is 365 g/mol. The van der Waals surface area contributed by atoms with Gasteiger partial charge < -0.3 is 19.1 Å². The van der Waals surface area contributed by atoms with Crippen LogP contribution in [0.1, 0.15) is 11.5 Å². The summed E-state index contributed by atoms with van der Waals surface area (Å²) in [5.74, 6) is 1.06. The van der Waals surface area contributed by atoms with Gasteiger partial charge in [0.1, 0.15) is 17.3 Å². The van der Waals surface area contributed by atoms with Gasteiger partial charge in [-0.05, 0) is 54.7 Å². The monoisotopic (exact) mass is 364 g/mol.